The lowest BCUT2D eigenvalue weighted by molar-refractivity contribution is -0.120. The summed E-state index contributed by atoms with van der Waals surface area (Å²) < 4.78 is 24.3. The second-order valence-corrected chi connectivity index (χ2v) is 5.12. The van der Waals surface area contributed by atoms with Crippen LogP contribution >= 0.6 is 11.8 Å². The number of carbonyl (C=O) groups excluding carboxylic acids is 2. The van der Waals surface area contributed by atoms with E-state index in [4.69, 9.17) is 0 Å². The van der Waals surface area contributed by atoms with Crippen molar-refractivity contribution in [1.82, 2.24) is 10.2 Å². The molecule has 0 fully saturated rings. The first-order valence-electron chi connectivity index (χ1n) is 5.95. The molecule has 0 aliphatic heterocycles. The molecule has 1 aromatic carbocycles. The maximum atomic E-state index is 12.2. The second kappa shape index (κ2) is 7.84. The fourth-order valence-electron chi connectivity index (χ4n) is 1.50. The van der Waals surface area contributed by atoms with Gasteiger partial charge in [0.15, 0.2) is 0 Å². The highest BCUT2D eigenvalue weighted by Crippen LogP contribution is 2.25. The van der Waals surface area contributed by atoms with Gasteiger partial charge in [-0.05, 0) is 24.3 Å². The highest BCUT2D eigenvalue weighted by atomic mass is 32.2. The van der Waals surface area contributed by atoms with Gasteiger partial charge in [0.2, 0.25) is 5.91 Å². The van der Waals surface area contributed by atoms with Crippen molar-refractivity contribution in [3.63, 3.8) is 0 Å². The van der Waals surface area contributed by atoms with E-state index in [0.717, 1.165) is 0 Å². The van der Waals surface area contributed by atoms with Crippen LogP contribution in [0.4, 0.5) is 8.78 Å². The summed E-state index contributed by atoms with van der Waals surface area (Å²) >= 11 is 0.433. The molecule has 0 aliphatic carbocycles. The van der Waals surface area contributed by atoms with Crippen LogP contribution in [-0.4, -0.2) is 43.1 Å². The number of nitrogens with zero attached hydrogens (tertiary/aromatic N) is 1. The SMILES string of the molecule is CNC(=O)CCN(C)C(=O)c1ccc(SC(F)F)cc1. The monoisotopic (exact) mass is 302 g/mol. The van der Waals surface area contributed by atoms with E-state index in [2.05, 4.69) is 5.32 Å². The Bertz CT molecular complexity index is 466. The first-order valence-corrected chi connectivity index (χ1v) is 6.83. The standard InChI is InChI=1S/C13H16F2N2O2S/c1-16-11(18)7-8-17(2)12(19)9-3-5-10(6-4-9)20-13(14)15/h3-6,13H,7-8H2,1-2H3,(H,16,18). The fraction of sp³-hybridized carbons (Fsp3) is 0.385. The summed E-state index contributed by atoms with van der Waals surface area (Å²) in [5, 5.41) is 2.47. The van der Waals surface area contributed by atoms with Crippen LogP contribution in [0, 0.1) is 0 Å². The Morgan fingerprint density at radius 3 is 2.40 bits per heavy atom. The van der Waals surface area contributed by atoms with Gasteiger partial charge in [0, 0.05) is 37.5 Å². The van der Waals surface area contributed by atoms with E-state index in [9.17, 15) is 18.4 Å². The lowest BCUT2D eigenvalue weighted by Crippen LogP contribution is -2.31. The molecule has 0 aromatic heterocycles. The van der Waals surface area contributed by atoms with Gasteiger partial charge in [-0.15, -0.1) is 0 Å². The van der Waals surface area contributed by atoms with Crippen molar-refractivity contribution in [2.75, 3.05) is 20.6 Å². The predicted octanol–water partition coefficient (Wildman–Crippen LogP) is 2.21. The number of thioether (sulfide) groups is 1. The summed E-state index contributed by atoms with van der Waals surface area (Å²) in [5.74, 6) is -2.87. The van der Waals surface area contributed by atoms with Gasteiger partial charge in [-0.3, -0.25) is 9.59 Å². The molecule has 2 amide bonds. The number of rotatable bonds is 6. The van der Waals surface area contributed by atoms with Gasteiger partial charge in [-0.1, -0.05) is 11.8 Å². The molecule has 0 saturated carbocycles. The molecule has 0 spiro atoms. The van der Waals surface area contributed by atoms with Gasteiger partial charge in [0.1, 0.15) is 0 Å². The lowest BCUT2D eigenvalue weighted by atomic mass is 10.2. The minimum Gasteiger partial charge on any atom is -0.359 e. The summed E-state index contributed by atoms with van der Waals surface area (Å²) in [6, 6.07) is 5.97. The molecule has 0 atom stereocenters. The van der Waals surface area contributed by atoms with Crippen molar-refractivity contribution in [2.24, 2.45) is 0 Å². The summed E-state index contributed by atoms with van der Waals surface area (Å²) in [7, 11) is 3.12. The van der Waals surface area contributed by atoms with Crippen molar-refractivity contribution >= 4 is 23.6 Å². The van der Waals surface area contributed by atoms with Crippen LogP contribution in [0.15, 0.2) is 29.2 Å². The predicted molar refractivity (Wildman–Crippen MR) is 73.9 cm³/mol. The Labute approximate surface area is 120 Å². The van der Waals surface area contributed by atoms with Crippen molar-refractivity contribution in [3.05, 3.63) is 29.8 Å². The summed E-state index contributed by atoms with van der Waals surface area (Å²) in [5.41, 5.74) is 0.406. The van der Waals surface area contributed by atoms with E-state index >= 15 is 0 Å². The average Bonchev–Trinajstić information content (AvgIpc) is 2.43. The van der Waals surface area contributed by atoms with Crippen molar-refractivity contribution < 1.29 is 18.4 Å². The minimum absolute atomic E-state index is 0.145. The Hall–Kier alpha value is -1.63. The van der Waals surface area contributed by atoms with Crippen LogP contribution < -0.4 is 5.32 Å². The quantitative estimate of drug-likeness (QED) is 0.820. The van der Waals surface area contributed by atoms with Gasteiger partial charge in [0.25, 0.3) is 11.7 Å². The fourth-order valence-corrected chi connectivity index (χ4v) is 1.99. The number of hydrogen-bond donors (Lipinski definition) is 1. The zero-order chi connectivity index (χ0) is 15.1. The number of halogens is 2. The number of hydrogen-bond acceptors (Lipinski definition) is 3. The zero-order valence-electron chi connectivity index (χ0n) is 11.2. The third kappa shape index (κ3) is 5.16. The van der Waals surface area contributed by atoms with Crippen molar-refractivity contribution in [1.29, 1.82) is 0 Å². The Balaban J connectivity index is 2.60. The van der Waals surface area contributed by atoms with Crippen LogP contribution in [0.3, 0.4) is 0 Å². The highest BCUT2D eigenvalue weighted by molar-refractivity contribution is 7.99. The Morgan fingerprint density at radius 1 is 1.30 bits per heavy atom. The number of nitrogens with one attached hydrogen (secondary N) is 1. The highest BCUT2D eigenvalue weighted by Gasteiger charge is 2.13. The van der Waals surface area contributed by atoms with E-state index in [1.807, 2.05) is 0 Å². The van der Waals surface area contributed by atoms with Crippen molar-refractivity contribution in [3.8, 4) is 0 Å². The van der Waals surface area contributed by atoms with E-state index < -0.39 is 5.76 Å². The molecule has 0 radical (unpaired) electrons. The first kappa shape index (κ1) is 16.4. The second-order valence-electron chi connectivity index (χ2n) is 4.05. The number of benzene rings is 1. The van der Waals surface area contributed by atoms with Crippen LogP contribution in [0.25, 0.3) is 0 Å². The van der Waals surface area contributed by atoms with Gasteiger partial charge in [-0.2, -0.15) is 8.78 Å². The van der Waals surface area contributed by atoms with Gasteiger partial charge < -0.3 is 10.2 Å². The number of carbonyl (C=O) groups is 2. The third-order valence-electron chi connectivity index (χ3n) is 2.63. The summed E-state index contributed by atoms with van der Waals surface area (Å²) in [6.45, 7) is 0.298. The van der Waals surface area contributed by atoms with Crippen LogP contribution in [0.1, 0.15) is 16.8 Å². The number of alkyl halides is 2. The van der Waals surface area contributed by atoms with E-state index in [1.54, 1.807) is 7.05 Å². The smallest absolute Gasteiger partial charge is 0.288 e. The maximum absolute atomic E-state index is 12.2. The molecule has 7 heteroatoms. The van der Waals surface area contributed by atoms with Gasteiger partial charge >= 0.3 is 0 Å². The topological polar surface area (TPSA) is 49.4 Å². The summed E-state index contributed by atoms with van der Waals surface area (Å²) in [6.07, 6.45) is 0.220. The van der Waals surface area contributed by atoms with Crippen LogP contribution in [0.2, 0.25) is 0 Å². The lowest BCUT2D eigenvalue weighted by Gasteiger charge is -2.16. The molecule has 20 heavy (non-hydrogen) atoms. The molecule has 1 N–H and O–H groups in total. The van der Waals surface area contributed by atoms with Gasteiger partial charge in [-0.25, -0.2) is 0 Å². The minimum atomic E-state index is -2.48. The number of amides is 2. The molecule has 4 nitrogen and oxygen atoms in total. The molecule has 1 aromatic rings. The third-order valence-corrected chi connectivity index (χ3v) is 3.35. The zero-order valence-corrected chi connectivity index (χ0v) is 12.0. The molecule has 0 unspecified atom stereocenters. The molecule has 110 valence electrons. The van der Waals surface area contributed by atoms with Crippen LogP contribution in [-0.2, 0) is 4.79 Å². The van der Waals surface area contributed by atoms with Gasteiger partial charge in [0.05, 0.1) is 0 Å². The molecule has 0 heterocycles. The van der Waals surface area contributed by atoms with E-state index in [0.29, 0.717) is 28.8 Å². The molecule has 0 saturated heterocycles. The summed E-state index contributed by atoms with van der Waals surface area (Å²) in [4.78, 5) is 24.9. The molecular formula is C13H16F2N2O2S. The average molecular weight is 302 g/mol. The van der Waals surface area contributed by atoms with E-state index in [-0.39, 0.29) is 18.2 Å². The largest absolute Gasteiger partial charge is 0.359 e. The Morgan fingerprint density at radius 2 is 1.90 bits per heavy atom. The van der Waals surface area contributed by atoms with Crippen molar-refractivity contribution in [2.45, 2.75) is 17.1 Å². The Kier molecular flexibility index (Phi) is 6.44. The molecule has 0 aliphatic rings. The van der Waals surface area contributed by atoms with E-state index in [1.165, 1.54) is 36.2 Å². The normalized spacial score (nSPS) is 10.4. The first-order chi connectivity index (χ1) is 9.43. The molecule has 0 bridgehead atoms. The molecular weight excluding hydrogens is 286 g/mol. The maximum Gasteiger partial charge on any atom is 0.288 e. The van der Waals surface area contributed by atoms with Crippen LogP contribution in [0.5, 0.6) is 0 Å². The molecule has 1 rings (SSSR count).